The number of ether oxygens (including phenoxy) is 2. The second-order valence-electron chi connectivity index (χ2n) is 10.4. The van der Waals surface area contributed by atoms with Gasteiger partial charge < -0.3 is 9.47 Å². The van der Waals surface area contributed by atoms with Crippen molar-refractivity contribution in [3.63, 3.8) is 0 Å². The molecule has 0 heterocycles. The van der Waals surface area contributed by atoms with E-state index < -0.39 is 17.4 Å². The van der Waals surface area contributed by atoms with Crippen molar-refractivity contribution < 1.29 is 19.1 Å². The van der Waals surface area contributed by atoms with Crippen LogP contribution in [0.2, 0.25) is 0 Å². The molecule has 35 heavy (non-hydrogen) atoms. The first kappa shape index (κ1) is 33.9. The van der Waals surface area contributed by atoms with Crippen molar-refractivity contribution in [1.82, 2.24) is 0 Å². The lowest BCUT2D eigenvalue weighted by molar-refractivity contribution is -0.173. The van der Waals surface area contributed by atoms with Crippen molar-refractivity contribution in [3.8, 4) is 0 Å². The molecule has 0 aromatic rings. The summed E-state index contributed by atoms with van der Waals surface area (Å²) in [5.41, 5.74) is -1.14. The molecule has 208 valence electrons. The van der Waals surface area contributed by atoms with Gasteiger partial charge in [0.2, 0.25) is 0 Å². The molecule has 4 nitrogen and oxygen atoms in total. The van der Waals surface area contributed by atoms with E-state index in [2.05, 4.69) is 13.8 Å². The highest BCUT2D eigenvalue weighted by Crippen LogP contribution is 2.30. The van der Waals surface area contributed by atoms with E-state index in [4.69, 9.17) is 9.47 Å². The van der Waals surface area contributed by atoms with Crippen LogP contribution in [0.4, 0.5) is 0 Å². The summed E-state index contributed by atoms with van der Waals surface area (Å²) in [6.07, 6.45) is 25.8. The Kier molecular flexibility index (Phi) is 23.9. The lowest BCUT2D eigenvalue weighted by Crippen LogP contribution is -2.41. The highest BCUT2D eigenvalue weighted by Gasteiger charge is 2.45. The number of hydrogen-bond donors (Lipinski definition) is 0. The van der Waals surface area contributed by atoms with Crippen molar-refractivity contribution in [1.29, 1.82) is 0 Å². The van der Waals surface area contributed by atoms with E-state index >= 15 is 0 Å². The minimum Gasteiger partial charge on any atom is -0.465 e. The summed E-state index contributed by atoms with van der Waals surface area (Å²) in [7, 11) is 0. The van der Waals surface area contributed by atoms with Crippen LogP contribution in [0.25, 0.3) is 0 Å². The van der Waals surface area contributed by atoms with E-state index in [-0.39, 0.29) is 0 Å². The van der Waals surface area contributed by atoms with Crippen molar-refractivity contribution >= 4 is 11.9 Å². The molecular weight excluding hydrogens is 436 g/mol. The zero-order valence-electron chi connectivity index (χ0n) is 24.1. The molecule has 0 spiro atoms. The van der Waals surface area contributed by atoms with Crippen LogP contribution in [0.3, 0.4) is 0 Å². The van der Waals surface area contributed by atoms with Crippen LogP contribution in [0.5, 0.6) is 0 Å². The third-order valence-electron chi connectivity index (χ3n) is 7.45. The summed E-state index contributed by atoms with van der Waals surface area (Å²) in [5, 5.41) is 0. The number of hydrogen-bond acceptors (Lipinski definition) is 4. The third kappa shape index (κ3) is 17.1. The second-order valence-corrected chi connectivity index (χ2v) is 10.4. The Hall–Kier alpha value is -1.06. The van der Waals surface area contributed by atoms with Crippen LogP contribution in [0.15, 0.2) is 0 Å². The fraction of sp³-hybridized carbons (Fsp3) is 0.935. The van der Waals surface area contributed by atoms with Gasteiger partial charge in [-0.1, -0.05) is 143 Å². The maximum atomic E-state index is 12.8. The molecule has 4 heteroatoms. The van der Waals surface area contributed by atoms with E-state index in [9.17, 15) is 9.59 Å². The lowest BCUT2D eigenvalue weighted by atomic mass is 9.82. The van der Waals surface area contributed by atoms with Crippen LogP contribution in [0, 0.1) is 5.41 Å². The van der Waals surface area contributed by atoms with Crippen molar-refractivity contribution in [2.24, 2.45) is 5.41 Å². The fourth-order valence-corrected chi connectivity index (χ4v) is 4.70. The van der Waals surface area contributed by atoms with Crippen molar-refractivity contribution in [2.75, 3.05) is 13.2 Å². The maximum absolute atomic E-state index is 12.8. The summed E-state index contributed by atoms with van der Waals surface area (Å²) in [4.78, 5) is 25.6. The van der Waals surface area contributed by atoms with Crippen molar-refractivity contribution in [2.45, 2.75) is 169 Å². The molecule has 0 aromatic heterocycles. The molecule has 0 rings (SSSR count). The van der Waals surface area contributed by atoms with Gasteiger partial charge in [0.15, 0.2) is 5.41 Å². The van der Waals surface area contributed by atoms with Gasteiger partial charge in [0.1, 0.15) is 0 Å². The first-order chi connectivity index (χ1) is 17.1. The lowest BCUT2D eigenvalue weighted by Gasteiger charge is -2.27. The largest absolute Gasteiger partial charge is 0.465 e. The number of carbonyl (C=O) groups excluding carboxylic acids is 2. The van der Waals surface area contributed by atoms with Gasteiger partial charge in [-0.3, -0.25) is 9.59 Å². The number of unbranched alkanes of at least 4 members (excludes halogenated alkanes) is 18. The van der Waals surface area contributed by atoms with Gasteiger partial charge in [0, 0.05) is 0 Å². The molecular formula is C31H60O4. The standard InChI is InChI=1S/C31H60O4/c1-5-9-11-13-15-17-18-19-20-22-24-26-28-35-30(33)31(7-3,8-4)29(32)34-27-25-23-21-16-14-12-10-6-2/h5-28H2,1-4H3. The second kappa shape index (κ2) is 24.6. The summed E-state index contributed by atoms with van der Waals surface area (Å²) in [6.45, 7) is 9.07. The Bertz CT molecular complexity index is 484. The van der Waals surface area contributed by atoms with Crippen LogP contribution >= 0.6 is 0 Å². The predicted molar refractivity (Wildman–Crippen MR) is 149 cm³/mol. The molecule has 0 unspecified atom stereocenters. The first-order valence-corrected chi connectivity index (χ1v) is 15.4. The molecule has 0 N–H and O–H groups in total. The van der Waals surface area contributed by atoms with Crippen molar-refractivity contribution in [3.05, 3.63) is 0 Å². The molecule has 0 fully saturated rings. The molecule has 0 aliphatic carbocycles. The topological polar surface area (TPSA) is 52.6 Å². The van der Waals surface area contributed by atoms with E-state index in [1.54, 1.807) is 0 Å². The molecule has 0 bridgehead atoms. The molecule has 0 amide bonds. The van der Waals surface area contributed by atoms with Gasteiger partial charge in [-0.25, -0.2) is 0 Å². The average molecular weight is 497 g/mol. The normalized spacial score (nSPS) is 11.5. The summed E-state index contributed by atoms with van der Waals surface area (Å²) >= 11 is 0. The minimum atomic E-state index is -1.14. The van der Waals surface area contributed by atoms with E-state index in [0.717, 1.165) is 25.7 Å². The Balaban J connectivity index is 3.93. The molecule has 0 saturated heterocycles. The van der Waals surface area contributed by atoms with E-state index in [1.165, 1.54) is 103 Å². The Morgan fingerprint density at radius 3 is 0.943 bits per heavy atom. The SMILES string of the molecule is CCCCCCCCCCCCCCOC(=O)C(CC)(CC)C(=O)OCCCCCCCCCC. The molecule has 0 aliphatic heterocycles. The Morgan fingerprint density at radius 2 is 0.686 bits per heavy atom. The first-order valence-electron chi connectivity index (χ1n) is 15.4. The highest BCUT2D eigenvalue weighted by atomic mass is 16.6. The zero-order valence-corrected chi connectivity index (χ0v) is 24.1. The van der Waals surface area contributed by atoms with Crippen LogP contribution < -0.4 is 0 Å². The maximum Gasteiger partial charge on any atom is 0.323 e. The number of esters is 2. The van der Waals surface area contributed by atoms with Gasteiger partial charge in [0.25, 0.3) is 0 Å². The molecule has 0 aliphatic rings. The molecule has 0 saturated carbocycles. The average Bonchev–Trinajstić information content (AvgIpc) is 2.87. The Labute approximate surface area is 218 Å². The predicted octanol–water partition coefficient (Wildman–Crippen LogP) is 9.72. The van der Waals surface area contributed by atoms with Crippen LogP contribution in [-0.4, -0.2) is 25.2 Å². The summed E-state index contributed by atoms with van der Waals surface area (Å²) in [5.74, 6) is -0.795. The highest BCUT2D eigenvalue weighted by molar-refractivity contribution is 5.99. The third-order valence-corrected chi connectivity index (χ3v) is 7.45. The zero-order chi connectivity index (χ0) is 26.0. The number of carbonyl (C=O) groups is 2. The summed E-state index contributed by atoms with van der Waals surface area (Å²) in [6, 6.07) is 0. The monoisotopic (exact) mass is 496 g/mol. The van der Waals surface area contributed by atoms with Gasteiger partial charge in [-0.2, -0.15) is 0 Å². The molecule has 0 radical (unpaired) electrons. The Morgan fingerprint density at radius 1 is 0.429 bits per heavy atom. The molecule has 0 atom stereocenters. The number of rotatable bonds is 26. The van der Waals surface area contributed by atoms with Gasteiger partial charge in [0.05, 0.1) is 13.2 Å². The van der Waals surface area contributed by atoms with Crippen LogP contribution in [-0.2, 0) is 19.1 Å². The van der Waals surface area contributed by atoms with Gasteiger partial charge in [-0.15, -0.1) is 0 Å². The van der Waals surface area contributed by atoms with Gasteiger partial charge in [-0.05, 0) is 25.7 Å². The van der Waals surface area contributed by atoms with E-state index in [0.29, 0.717) is 26.1 Å². The van der Waals surface area contributed by atoms with E-state index in [1.807, 2.05) is 13.8 Å². The fourth-order valence-electron chi connectivity index (χ4n) is 4.70. The smallest absolute Gasteiger partial charge is 0.323 e. The van der Waals surface area contributed by atoms with Crippen LogP contribution in [0.1, 0.15) is 169 Å². The molecule has 0 aromatic carbocycles. The summed E-state index contributed by atoms with van der Waals surface area (Å²) < 4.78 is 11.1. The quantitative estimate of drug-likeness (QED) is 0.0679. The minimum absolute atomic E-state index is 0.397. The van der Waals surface area contributed by atoms with Gasteiger partial charge >= 0.3 is 11.9 Å².